The van der Waals surface area contributed by atoms with Gasteiger partial charge in [-0.05, 0) is 26.7 Å². The first-order valence-electron chi connectivity index (χ1n) is 5.23. The summed E-state index contributed by atoms with van der Waals surface area (Å²) in [6.07, 6.45) is 5.84. The smallest absolute Gasteiger partial charge is 0.187 e. The third kappa shape index (κ3) is 2.52. The summed E-state index contributed by atoms with van der Waals surface area (Å²) in [6.45, 7) is 3.92. The van der Waals surface area contributed by atoms with Gasteiger partial charge in [0.2, 0.25) is 0 Å². The maximum absolute atomic E-state index is 5.81. The molecule has 82 valence electrons. The molecule has 1 fully saturated rings. The van der Waals surface area contributed by atoms with Gasteiger partial charge in [0.15, 0.2) is 11.5 Å². The number of hydrogen-bond acceptors (Lipinski definition) is 4. The third-order valence-corrected chi connectivity index (χ3v) is 2.06. The van der Waals surface area contributed by atoms with Crippen molar-refractivity contribution in [3.8, 4) is 11.5 Å². The highest BCUT2D eigenvalue weighted by molar-refractivity contribution is 5.58. The van der Waals surface area contributed by atoms with Gasteiger partial charge in [-0.2, -0.15) is 0 Å². The average Bonchev–Trinajstić information content (AvgIpc) is 2.94. The molecule has 2 N–H and O–H groups in total. The average molecular weight is 208 g/mol. The molecule has 0 aromatic carbocycles. The van der Waals surface area contributed by atoms with Crippen molar-refractivity contribution >= 4 is 5.69 Å². The summed E-state index contributed by atoms with van der Waals surface area (Å²) in [5.41, 5.74) is 6.35. The first-order chi connectivity index (χ1) is 7.16. The molecule has 2 rings (SSSR count). The minimum Gasteiger partial charge on any atom is -0.485 e. The molecule has 0 aliphatic heterocycles. The summed E-state index contributed by atoms with van der Waals surface area (Å²) >= 11 is 0. The molecule has 0 unspecified atom stereocenters. The number of nitrogen functional groups attached to an aromatic ring is 1. The second-order valence-electron chi connectivity index (χ2n) is 4.04. The van der Waals surface area contributed by atoms with Crippen molar-refractivity contribution < 1.29 is 9.47 Å². The minimum atomic E-state index is 0.0927. The van der Waals surface area contributed by atoms with Crippen molar-refractivity contribution in [2.24, 2.45) is 0 Å². The molecule has 0 spiro atoms. The Labute approximate surface area is 89.4 Å². The topological polar surface area (TPSA) is 57.4 Å². The quantitative estimate of drug-likeness (QED) is 0.822. The molecule has 4 heteroatoms. The number of nitrogens with zero attached hydrogens (tertiary/aromatic N) is 1. The monoisotopic (exact) mass is 208 g/mol. The van der Waals surface area contributed by atoms with Crippen LogP contribution in [0, 0.1) is 0 Å². The molecule has 1 aliphatic carbocycles. The van der Waals surface area contributed by atoms with E-state index < -0.39 is 0 Å². The molecule has 1 aliphatic rings. The van der Waals surface area contributed by atoms with Crippen molar-refractivity contribution in [3.05, 3.63) is 12.4 Å². The molecule has 0 atom stereocenters. The van der Waals surface area contributed by atoms with E-state index in [9.17, 15) is 0 Å². The standard InChI is InChI=1S/C11H16N2O2/c1-7(2)14-10-6-13-5-9(12)11(10)15-8-3-4-8/h5-8H,3-4,12H2,1-2H3. The molecule has 0 saturated heterocycles. The zero-order chi connectivity index (χ0) is 10.8. The predicted molar refractivity (Wildman–Crippen MR) is 58.1 cm³/mol. The van der Waals surface area contributed by atoms with Crippen LogP contribution in [0.25, 0.3) is 0 Å². The lowest BCUT2D eigenvalue weighted by atomic mass is 10.3. The molecule has 15 heavy (non-hydrogen) atoms. The first-order valence-corrected chi connectivity index (χ1v) is 5.23. The van der Waals surface area contributed by atoms with Crippen molar-refractivity contribution in [2.75, 3.05) is 5.73 Å². The number of pyridine rings is 1. The van der Waals surface area contributed by atoms with Gasteiger partial charge in [0.25, 0.3) is 0 Å². The number of aromatic nitrogens is 1. The van der Waals surface area contributed by atoms with Crippen LogP contribution in [0.2, 0.25) is 0 Å². The van der Waals surface area contributed by atoms with E-state index in [1.807, 2.05) is 13.8 Å². The van der Waals surface area contributed by atoms with E-state index in [4.69, 9.17) is 15.2 Å². The van der Waals surface area contributed by atoms with Gasteiger partial charge in [0.1, 0.15) is 0 Å². The SMILES string of the molecule is CC(C)Oc1cncc(N)c1OC1CC1. The second-order valence-corrected chi connectivity index (χ2v) is 4.04. The molecule has 1 aromatic heterocycles. The lowest BCUT2D eigenvalue weighted by Gasteiger charge is -2.15. The Morgan fingerprint density at radius 3 is 2.73 bits per heavy atom. The Kier molecular flexibility index (Phi) is 2.66. The van der Waals surface area contributed by atoms with Crippen molar-refractivity contribution in [1.82, 2.24) is 4.98 Å². The van der Waals surface area contributed by atoms with E-state index >= 15 is 0 Å². The van der Waals surface area contributed by atoms with Gasteiger partial charge in [-0.25, -0.2) is 0 Å². The fraction of sp³-hybridized carbons (Fsp3) is 0.545. The van der Waals surface area contributed by atoms with Crippen LogP contribution in [-0.4, -0.2) is 17.2 Å². The minimum absolute atomic E-state index is 0.0927. The summed E-state index contributed by atoms with van der Waals surface area (Å²) in [4.78, 5) is 4.00. The lowest BCUT2D eigenvalue weighted by Crippen LogP contribution is -2.09. The third-order valence-electron chi connectivity index (χ3n) is 2.06. The van der Waals surface area contributed by atoms with Crippen molar-refractivity contribution in [3.63, 3.8) is 0 Å². The zero-order valence-electron chi connectivity index (χ0n) is 9.06. The fourth-order valence-electron chi connectivity index (χ4n) is 1.26. The van der Waals surface area contributed by atoms with Gasteiger partial charge in [-0.1, -0.05) is 0 Å². The molecular weight excluding hydrogens is 192 g/mol. The van der Waals surface area contributed by atoms with Gasteiger partial charge >= 0.3 is 0 Å². The molecular formula is C11H16N2O2. The van der Waals surface area contributed by atoms with Crippen molar-refractivity contribution in [2.45, 2.75) is 38.9 Å². The van der Waals surface area contributed by atoms with E-state index in [0.717, 1.165) is 12.8 Å². The molecule has 1 aromatic rings. The molecule has 4 nitrogen and oxygen atoms in total. The number of rotatable bonds is 4. The van der Waals surface area contributed by atoms with E-state index in [2.05, 4.69) is 4.98 Å². The van der Waals surface area contributed by atoms with Crippen LogP contribution in [0.3, 0.4) is 0 Å². The van der Waals surface area contributed by atoms with Gasteiger partial charge in [0, 0.05) is 0 Å². The van der Waals surface area contributed by atoms with Crippen molar-refractivity contribution in [1.29, 1.82) is 0 Å². The summed E-state index contributed by atoms with van der Waals surface area (Å²) < 4.78 is 11.3. The summed E-state index contributed by atoms with van der Waals surface area (Å²) in [6, 6.07) is 0. The predicted octanol–water partition coefficient (Wildman–Crippen LogP) is 1.99. The van der Waals surface area contributed by atoms with E-state index in [-0.39, 0.29) is 6.10 Å². The molecule has 0 amide bonds. The Bertz CT molecular complexity index is 348. The van der Waals surface area contributed by atoms with Crippen LogP contribution in [0.1, 0.15) is 26.7 Å². The van der Waals surface area contributed by atoms with Crippen LogP contribution < -0.4 is 15.2 Å². The van der Waals surface area contributed by atoms with Crippen LogP contribution in [0.15, 0.2) is 12.4 Å². The van der Waals surface area contributed by atoms with Gasteiger partial charge in [-0.3, -0.25) is 4.98 Å². The molecule has 1 heterocycles. The van der Waals surface area contributed by atoms with Crippen LogP contribution in [-0.2, 0) is 0 Å². The highest BCUT2D eigenvalue weighted by Gasteiger charge is 2.26. The molecule has 0 bridgehead atoms. The number of hydrogen-bond donors (Lipinski definition) is 1. The summed E-state index contributed by atoms with van der Waals surface area (Å²) in [5.74, 6) is 1.28. The van der Waals surface area contributed by atoms with E-state index in [1.54, 1.807) is 12.4 Å². The maximum Gasteiger partial charge on any atom is 0.187 e. The highest BCUT2D eigenvalue weighted by Crippen LogP contribution is 2.37. The van der Waals surface area contributed by atoms with E-state index in [1.165, 1.54) is 0 Å². The van der Waals surface area contributed by atoms with Gasteiger partial charge < -0.3 is 15.2 Å². The van der Waals surface area contributed by atoms with Crippen LogP contribution in [0.4, 0.5) is 5.69 Å². The Morgan fingerprint density at radius 2 is 2.13 bits per heavy atom. The molecule has 1 saturated carbocycles. The Morgan fingerprint density at radius 1 is 1.40 bits per heavy atom. The maximum atomic E-state index is 5.81. The number of nitrogens with two attached hydrogens (primary N) is 1. The largest absolute Gasteiger partial charge is 0.485 e. The lowest BCUT2D eigenvalue weighted by molar-refractivity contribution is 0.217. The highest BCUT2D eigenvalue weighted by atomic mass is 16.5. The number of anilines is 1. The number of ether oxygens (including phenoxy) is 2. The van der Waals surface area contributed by atoms with Gasteiger partial charge in [0.05, 0.1) is 30.3 Å². The van der Waals surface area contributed by atoms with E-state index in [0.29, 0.717) is 23.3 Å². The molecule has 0 radical (unpaired) electrons. The summed E-state index contributed by atoms with van der Waals surface area (Å²) in [5, 5.41) is 0. The normalized spacial score (nSPS) is 15.4. The van der Waals surface area contributed by atoms with Crippen LogP contribution >= 0.6 is 0 Å². The fourth-order valence-corrected chi connectivity index (χ4v) is 1.26. The second kappa shape index (κ2) is 3.96. The van der Waals surface area contributed by atoms with Crippen LogP contribution in [0.5, 0.6) is 11.5 Å². The van der Waals surface area contributed by atoms with Gasteiger partial charge in [-0.15, -0.1) is 0 Å². The zero-order valence-corrected chi connectivity index (χ0v) is 9.06. The summed E-state index contributed by atoms with van der Waals surface area (Å²) in [7, 11) is 0. The Hall–Kier alpha value is -1.45. The Balaban J connectivity index is 2.21. The first kappa shape index (κ1) is 10.1.